The lowest BCUT2D eigenvalue weighted by Gasteiger charge is -2.14. The number of unbranched alkanes of at least 4 members (excludes halogenated alkanes) is 27. The van der Waals surface area contributed by atoms with Gasteiger partial charge in [-0.05, 0) is 32.6 Å². The summed E-state index contributed by atoms with van der Waals surface area (Å²) in [5.41, 5.74) is 0. The molecule has 0 N–H and O–H groups in total. The SMILES string of the molecule is CCCCCCCCCCCCCCCCCC(C)n1cc[n+](CCCCCCCCCCCCCCCC)c1C(C)C. The zero-order valence-electron chi connectivity index (χ0n) is 30.6. The first kappa shape index (κ1) is 40.2. The molecule has 1 aromatic rings. The van der Waals surface area contributed by atoms with Gasteiger partial charge in [-0.15, -0.1) is 0 Å². The lowest BCUT2D eigenvalue weighted by atomic mass is 10.0. The summed E-state index contributed by atoms with van der Waals surface area (Å²) < 4.78 is 5.19. The van der Waals surface area contributed by atoms with E-state index in [1.807, 2.05) is 0 Å². The molecule has 0 saturated carbocycles. The van der Waals surface area contributed by atoms with E-state index in [2.05, 4.69) is 56.1 Å². The summed E-state index contributed by atoms with van der Waals surface area (Å²) in [6.07, 6.45) is 47.9. The molecule has 1 aromatic heterocycles. The Morgan fingerprint density at radius 1 is 0.465 bits per heavy atom. The Kier molecular flexibility index (Phi) is 28.0. The van der Waals surface area contributed by atoms with Crippen LogP contribution in [0.3, 0.4) is 0 Å². The highest BCUT2D eigenvalue weighted by molar-refractivity contribution is 4.92. The highest BCUT2D eigenvalue weighted by atomic mass is 15.2. The van der Waals surface area contributed by atoms with Crippen molar-refractivity contribution in [2.75, 3.05) is 0 Å². The monoisotopic (exact) mass is 602 g/mol. The second kappa shape index (κ2) is 29.9. The van der Waals surface area contributed by atoms with Gasteiger partial charge in [0.1, 0.15) is 12.4 Å². The number of nitrogens with zero attached hydrogens (tertiary/aromatic N) is 2. The standard InChI is InChI=1S/C41H81N2/c1-6-8-10-12-14-16-18-20-22-23-25-27-29-31-33-35-40(5)43-38-37-42(41(43)39(3)4)36-34-32-30-28-26-24-21-19-17-15-13-11-9-7-2/h37-40H,6-36H2,1-5H3/q+1. The number of hydrogen-bond donors (Lipinski definition) is 0. The topological polar surface area (TPSA) is 8.81 Å². The van der Waals surface area contributed by atoms with Crippen molar-refractivity contribution in [2.45, 2.75) is 246 Å². The molecule has 0 spiro atoms. The first-order valence-electron chi connectivity index (χ1n) is 20.2. The maximum absolute atomic E-state index is 2.61. The molecular formula is C41H81N2+. The van der Waals surface area contributed by atoms with Crippen molar-refractivity contribution in [3.63, 3.8) is 0 Å². The van der Waals surface area contributed by atoms with E-state index in [9.17, 15) is 0 Å². The minimum absolute atomic E-state index is 0.588. The van der Waals surface area contributed by atoms with Crippen LogP contribution in [0.25, 0.3) is 0 Å². The van der Waals surface area contributed by atoms with Gasteiger partial charge in [-0.3, -0.25) is 0 Å². The van der Waals surface area contributed by atoms with Crippen LogP contribution in [0.5, 0.6) is 0 Å². The molecule has 1 rings (SSSR count). The van der Waals surface area contributed by atoms with Crippen molar-refractivity contribution in [1.82, 2.24) is 4.57 Å². The summed E-state index contributed by atoms with van der Waals surface area (Å²) in [5, 5.41) is 0. The van der Waals surface area contributed by atoms with Crippen molar-refractivity contribution in [3.8, 4) is 0 Å². The molecule has 2 heteroatoms. The number of aryl methyl sites for hydroxylation is 1. The van der Waals surface area contributed by atoms with Crippen molar-refractivity contribution >= 4 is 0 Å². The molecule has 0 aromatic carbocycles. The summed E-state index contributed by atoms with van der Waals surface area (Å²) in [6.45, 7) is 13.0. The van der Waals surface area contributed by atoms with Gasteiger partial charge in [0.2, 0.25) is 0 Å². The third-order valence-electron chi connectivity index (χ3n) is 9.94. The molecule has 0 aliphatic carbocycles. The van der Waals surface area contributed by atoms with Crippen LogP contribution < -0.4 is 4.57 Å². The lowest BCUT2D eigenvalue weighted by Crippen LogP contribution is -2.38. The number of aromatic nitrogens is 2. The summed E-state index contributed by atoms with van der Waals surface area (Å²) in [7, 11) is 0. The Hall–Kier alpha value is -0.790. The van der Waals surface area contributed by atoms with Crippen molar-refractivity contribution < 1.29 is 4.57 Å². The van der Waals surface area contributed by atoms with Crippen molar-refractivity contribution in [2.24, 2.45) is 0 Å². The van der Waals surface area contributed by atoms with E-state index in [1.165, 1.54) is 199 Å². The largest absolute Gasteiger partial charge is 0.259 e. The summed E-state index contributed by atoms with van der Waals surface area (Å²) in [5.74, 6) is 2.13. The quantitative estimate of drug-likeness (QED) is 0.0559. The zero-order valence-corrected chi connectivity index (χ0v) is 30.6. The highest BCUT2D eigenvalue weighted by Crippen LogP contribution is 2.22. The fourth-order valence-corrected chi connectivity index (χ4v) is 7.07. The molecular weight excluding hydrogens is 520 g/mol. The molecule has 0 aliphatic heterocycles. The van der Waals surface area contributed by atoms with Gasteiger partial charge in [-0.1, -0.05) is 195 Å². The Morgan fingerprint density at radius 2 is 0.791 bits per heavy atom. The van der Waals surface area contributed by atoms with E-state index in [1.54, 1.807) is 5.82 Å². The summed E-state index contributed by atoms with van der Waals surface area (Å²) in [4.78, 5) is 0. The van der Waals surface area contributed by atoms with Crippen LogP contribution in [0.15, 0.2) is 12.4 Å². The number of imidazole rings is 1. The molecule has 1 heterocycles. The summed E-state index contributed by atoms with van der Waals surface area (Å²) >= 11 is 0. The predicted octanol–water partition coefficient (Wildman–Crippen LogP) is 14.2. The van der Waals surface area contributed by atoms with Crippen LogP contribution >= 0.6 is 0 Å². The molecule has 1 unspecified atom stereocenters. The fourth-order valence-electron chi connectivity index (χ4n) is 7.07. The van der Waals surface area contributed by atoms with Gasteiger partial charge in [-0.25, -0.2) is 9.13 Å². The van der Waals surface area contributed by atoms with E-state index < -0.39 is 0 Å². The van der Waals surface area contributed by atoms with E-state index >= 15 is 0 Å². The van der Waals surface area contributed by atoms with Gasteiger partial charge in [0.05, 0.1) is 18.5 Å². The van der Waals surface area contributed by atoms with E-state index in [0.717, 1.165) is 0 Å². The molecule has 254 valence electrons. The first-order chi connectivity index (χ1) is 21.1. The van der Waals surface area contributed by atoms with Gasteiger partial charge in [0.25, 0.3) is 5.82 Å². The highest BCUT2D eigenvalue weighted by Gasteiger charge is 2.23. The van der Waals surface area contributed by atoms with E-state index in [0.29, 0.717) is 12.0 Å². The Labute approximate surface area is 272 Å². The van der Waals surface area contributed by atoms with Crippen LogP contribution in [-0.4, -0.2) is 4.57 Å². The van der Waals surface area contributed by atoms with Crippen LogP contribution in [-0.2, 0) is 6.54 Å². The number of rotatable bonds is 33. The smallest absolute Gasteiger partial charge is 0.234 e. The lowest BCUT2D eigenvalue weighted by molar-refractivity contribution is -0.705. The first-order valence-corrected chi connectivity index (χ1v) is 20.2. The molecule has 0 bridgehead atoms. The zero-order chi connectivity index (χ0) is 31.2. The predicted molar refractivity (Wildman–Crippen MR) is 193 cm³/mol. The summed E-state index contributed by atoms with van der Waals surface area (Å²) in [6, 6.07) is 0.622. The van der Waals surface area contributed by atoms with Gasteiger partial charge < -0.3 is 0 Å². The minimum atomic E-state index is 0.588. The van der Waals surface area contributed by atoms with Crippen LogP contribution in [0.1, 0.15) is 245 Å². The molecule has 0 amide bonds. The van der Waals surface area contributed by atoms with Crippen molar-refractivity contribution in [3.05, 3.63) is 18.2 Å². The van der Waals surface area contributed by atoms with Gasteiger partial charge in [0, 0.05) is 0 Å². The molecule has 0 saturated heterocycles. The third-order valence-corrected chi connectivity index (χ3v) is 9.94. The minimum Gasteiger partial charge on any atom is -0.234 e. The normalized spacial score (nSPS) is 12.5. The van der Waals surface area contributed by atoms with Crippen LogP contribution in [0, 0.1) is 0 Å². The number of hydrogen-bond acceptors (Lipinski definition) is 0. The van der Waals surface area contributed by atoms with Gasteiger partial charge >= 0.3 is 0 Å². The molecule has 1 atom stereocenters. The van der Waals surface area contributed by atoms with E-state index in [-0.39, 0.29) is 0 Å². The molecule has 43 heavy (non-hydrogen) atoms. The Balaban J connectivity index is 2.07. The van der Waals surface area contributed by atoms with Gasteiger partial charge in [0.15, 0.2) is 0 Å². The average Bonchev–Trinajstić information content (AvgIpc) is 3.43. The third kappa shape index (κ3) is 22.4. The fraction of sp³-hybridized carbons (Fsp3) is 0.927. The maximum atomic E-state index is 2.61. The second-order valence-corrected chi connectivity index (χ2v) is 14.6. The molecule has 0 aliphatic rings. The Morgan fingerprint density at radius 3 is 1.14 bits per heavy atom. The maximum Gasteiger partial charge on any atom is 0.259 e. The van der Waals surface area contributed by atoms with E-state index in [4.69, 9.17) is 0 Å². The van der Waals surface area contributed by atoms with Crippen LogP contribution in [0.4, 0.5) is 0 Å². The molecule has 0 radical (unpaired) electrons. The average molecular weight is 602 g/mol. The second-order valence-electron chi connectivity index (χ2n) is 14.6. The Bertz CT molecular complexity index is 690. The van der Waals surface area contributed by atoms with Gasteiger partial charge in [-0.2, -0.15) is 0 Å². The molecule has 0 fully saturated rings. The van der Waals surface area contributed by atoms with Crippen molar-refractivity contribution in [1.29, 1.82) is 0 Å². The van der Waals surface area contributed by atoms with Crippen LogP contribution in [0.2, 0.25) is 0 Å². The molecule has 2 nitrogen and oxygen atoms in total.